The fourth-order valence-electron chi connectivity index (χ4n) is 3.60. The predicted octanol–water partition coefficient (Wildman–Crippen LogP) is 5.33. The largest absolute Gasteiger partial charge is 0.306 e. The van der Waals surface area contributed by atoms with Crippen molar-refractivity contribution in [1.82, 2.24) is 9.78 Å². The molecule has 1 N–H and O–H groups in total. The number of anilines is 1. The molecule has 1 aliphatic heterocycles. The normalized spacial score (nSPS) is 12.9. The second-order valence-corrected chi connectivity index (χ2v) is 8.02. The third kappa shape index (κ3) is 2.98. The van der Waals surface area contributed by atoms with E-state index in [0.29, 0.717) is 5.56 Å². The first kappa shape index (κ1) is 17.1. The molecule has 1 aliphatic rings. The SMILES string of the molecule is Cc1cccc(-n2nc3c(c2NC(=O)c2ccc4ccccc4c2)CSC3)c1. The van der Waals surface area contributed by atoms with Gasteiger partial charge in [0.25, 0.3) is 5.91 Å². The van der Waals surface area contributed by atoms with Crippen LogP contribution in [0.25, 0.3) is 16.5 Å². The second kappa shape index (κ2) is 6.84. The van der Waals surface area contributed by atoms with Crippen molar-refractivity contribution >= 4 is 34.3 Å². The highest BCUT2D eigenvalue weighted by Gasteiger charge is 2.25. The molecule has 4 nitrogen and oxygen atoms in total. The Morgan fingerprint density at radius 2 is 1.86 bits per heavy atom. The number of aromatic nitrogens is 2. The summed E-state index contributed by atoms with van der Waals surface area (Å²) in [5.41, 5.74) is 4.96. The van der Waals surface area contributed by atoms with Crippen molar-refractivity contribution < 1.29 is 4.79 Å². The number of carbonyl (C=O) groups is 1. The number of nitrogens with zero attached hydrogens (tertiary/aromatic N) is 2. The molecule has 0 aliphatic carbocycles. The maximum atomic E-state index is 13.0. The van der Waals surface area contributed by atoms with Gasteiger partial charge in [0.05, 0.1) is 11.4 Å². The van der Waals surface area contributed by atoms with Crippen LogP contribution < -0.4 is 5.32 Å². The lowest BCUT2D eigenvalue weighted by atomic mass is 10.1. The summed E-state index contributed by atoms with van der Waals surface area (Å²) in [5, 5.41) is 10.1. The van der Waals surface area contributed by atoms with Crippen LogP contribution >= 0.6 is 11.8 Å². The van der Waals surface area contributed by atoms with Crippen molar-refractivity contribution in [2.24, 2.45) is 0 Å². The van der Waals surface area contributed by atoms with E-state index in [1.165, 1.54) is 0 Å². The van der Waals surface area contributed by atoms with Gasteiger partial charge < -0.3 is 5.32 Å². The van der Waals surface area contributed by atoms with E-state index in [2.05, 4.69) is 24.4 Å². The highest BCUT2D eigenvalue weighted by Crippen LogP contribution is 2.36. The number of hydrogen-bond donors (Lipinski definition) is 1. The summed E-state index contributed by atoms with van der Waals surface area (Å²) in [6, 6.07) is 22.0. The summed E-state index contributed by atoms with van der Waals surface area (Å²) in [7, 11) is 0. The number of nitrogens with one attached hydrogen (secondary N) is 1. The molecule has 0 unspecified atom stereocenters. The van der Waals surface area contributed by atoms with E-state index in [9.17, 15) is 4.79 Å². The Labute approximate surface area is 167 Å². The first-order valence-corrected chi connectivity index (χ1v) is 10.4. The van der Waals surface area contributed by atoms with E-state index in [1.54, 1.807) is 0 Å². The van der Waals surface area contributed by atoms with Gasteiger partial charge in [0, 0.05) is 22.6 Å². The van der Waals surface area contributed by atoms with Gasteiger partial charge in [0.2, 0.25) is 0 Å². The monoisotopic (exact) mass is 385 g/mol. The van der Waals surface area contributed by atoms with Crippen LogP contribution in [0.1, 0.15) is 27.2 Å². The Kier molecular flexibility index (Phi) is 4.17. The van der Waals surface area contributed by atoms with Crippen LogP contribution in [0.4, 0.5) is 5.82 Å². The molecule has 0 radical (unpaired) electrons. The zero-order valence-electron chi connectivity index (χ0n) is 15.5. The minimum absolute atomic E-state index is 0.112. The summed E-state index contributed by atoms with van der Waals surface area (Å²) < 4.78 is 1.87. The van der Waals surface area contributed by atoms with Crippen molar-refractivity contribution in [3.8, 4) is 5.69 Å². The maximum Gasteiger partial charge on any atom is 0.256 e. The number of amides is 1. The van der Waals surface area contributed by atoms with Gasteiger partial charge in [-0.1, -0.05) is 42.5 Å². The van der Waals surface area contributed by atoms with E-state index in [1.807, 2.05) is 71.0 Å². The Balaban J connectivity index is 1.54. The average Bonchev–Trinajstić information content (AvgIpc) is 3.30. The molecular weight excluding hydrogens is 366 g/mol. The molecule has 5 heteroatoms. The van der Waals surface area contributed by atoms with Crippen molar-refractivity contribution in [2.45, 2.75) is 18.4 Å². The molecule has 0 saturated heterocycles. The second-order valence-electron chi connectivity index (χ2n) is 7.03. The van der Waals surface area contributed by atoms with Gasteiger partial charge in [0.15, 0.2) is 0 Å². The fraction of sp³-hybridized carbons (Fsp3) is 0.130. The summed E-state index contributed by atoms with van der Waals surface area (Å²) in [6.45, 7) is 2.06. The molecule has 2 heterocycles. The molecule has 5 rings (SSSR count). The van der Waals surface area contributed by atoms with E-state index < -0.39 is 0 Å². The van der Waals surface area contributed by atoms with Gasteiger partial charge in [-0.3, -0.25) is 4.79 Å². The zero-order valence-corrected chi connectivity index (χ0v) is 16.3. The van der Waals surface area contributed by atoms with Gasteiger partial charge in [0.1, 0.15) is 5.82 Å². The molecule has 138 valence electrons. The number of aryl methyl sites for hydroxylation is 1. The summed E-state index contributed by atoms with van der Waals surface area (Å²) in [6.07, 6.45) is 0. The molecular formula is C23H19N3OS. The number of carbonyl (C=O) groups excluding carboxylic acids is 1. The van der Waals surface area contributed by atoms with Crippen LogP contribution in [0, 0.1) is 6.92 Å². The highest BCUT2D eigenvalue weighted by atomic mass is 32.2. The zero-order chi connectivity index (χ0) is 19.1. The standard InChI is InChI=1S/C23H19N3OS/c1-15-5-4-8-19(11-15)26-22(20-13-28-14-21(20)25-26)24-23(27)18-10-9-16-6-2-3-7-17(16)12-18/h2-12H,13-14H2,1H3,(H,24,27). The Morgan fingerprint density at radius 1 is 1.00 bits per heavy atom. The number of benzene rings is 3. The van der Waals surface area contributed by atoms with E-state index in [-0.39, 0.29) is 5.91 Å². The molecule has 3 aromatic carbocycles. The minimum atomic E-state index is -0.112. The van der Waals surface area contributed by atoms with Crippen LogP contribution in [0.2, 0.25) is 0 Å². The van der Waals surface area contributed by atoms with Crippen LogP contribution in [0.15, 0.2) is 66.7 Å². The van der Waals surface area contributed by atoms with Crippen molar-refractivity contribution in [2.75, 3.05) is 5.32 Å². The van der Waals surface area contributed by atoms with E-state index in [4.69, 9.17) is 5.10 Å². The topological polar surface area (TPSA) is 46.9 Å². The Bertz CT molecular complexity index is 1210. The Hall–Kier alpha value is -3.05. The summed E-state index contributed by atoms with van der Waals surface area (Å²) in [5.74, 6) is 2.42. The van der Waals surface area contributed by atoms with Crippen LogP contribution in [-0.2, 0) is 11.5 Å². The molecule has 1 aromatic heterocycles. The van der Waals surface area contributed by atoms with Crippen LogP contribution in [-0.4, -0.2) is 15.7 Å². The highest BCUT2D eigenvalue weighted by molar-refractivity contribution is 7.98. The van der Waals surface area contributed by atoms with Crippen molar-refractivity contribution in [3.05, 3.63) is 89.1 Å². The third-order valence-corrected chi connectivity index (χ3v) is 6.01. The van der Waals surface area contributed by atoms with Gasteiger partial charge in [-0.2, -0.15) is 16.9 Å². The fourth-order valence-corrected chi connectivity index (χ4v) is 4.63. The Morgan fingerprint density at radius 3 is 2.71 bits per heavy atom. The van der Waals surface area contributed by atoms with E-state index >= 15 is 0 Å². The number of fused-ring (bicyclic) bond motifs is 2. The first-order chi connectivity index (χ1) is 13.7. The molecule has 1 amide bonds. The number of thioether (sulfide) groups is 1. The van der Waals surface area contributed by atoms with Crippen LogP contribution in [0.3, 0.4) is 0 Å². The van der Waals surface area contributed by atoms with Gasteiger partial charge in [-0.25, -0.2) is 4.68 Å². The molecule has 0 spiro atoms. The summed E-state index contributed by atoms with van der Waals surface area (Å²) in [4.78, 5) is 13.0. The minimum Gasteiger partial charge on any atom is -0.306 e. The number of hydrogen-bond acceptors (Lipinski definition) is 3. The number of rotatable bonds is 3. The van der Waals surface area contributed by atoms with Crippen molar-refractivity contribution in [3.63, 3.8) is 0 Å². The van der Waals surface area contributed by atoms with Gasteiger partial charge >= 0.3 is 0 Å². The molecule has 0 saturated carbocycles. The molecule has 0 fully saturated rings. The van der Waals surface area contributed by atoms with E-state index in [0.717, 1.165) is 50.6 Å². The van der Waals surface area contributed by atoms with Crippen LogP contribution in [0.5, 0.6) is 0 Å². The molecule has 0 bridgehead atoms. The molecule has 4 aromatic rings. The smallest absolute Gasteiger partial charge is 0.256 e. The van der Waals surface area contributed by atoms with Gasteiger partial charge in [-0.15, -0.1) is 0 Å². The lowest BCUT2D eigenvalue weighted by molar-refractivity contribution is 0.102. The van der Waals surface area contributed by atoms with Gasteiger partial charge in [-0.05, 0) is 47.5 Å². The molecule has 28 heavy (non-hydrogen) atoms. The lowest BCUT2D eigenvalue weighted by Crippen LogP contribution is -2.16. The third-order valence-electron chi connectivity index (χ3n) is 5.04. The predicted molar refractivity (Wildman–Crippen MR) is 115 cm³/mol. The molecule has 0 atom stereocenters. The average molecular weight is 385 g/mol. The lowest BCUT2D eigenvalue weighted by Gasteiger charge is -2.12. The van der Waals surface area contributed by atoms with Crippen molar-refractivity contribution in [1.29, 1.82) is 0 Å². The maximum absolute atomic E-state index is 13.0. The quantitative estimate of drug-likeness (QED) is 0.518. The first-order valence-electron chi connectivity index (χ1n) is 9.25. The summed E-state index contributed by atoms with van der Waals surface area (Å²) >= 11 is 1.83.